The molecule has 0 aliphatic rings. The molecule has 6 nitrogen and oxygen atoms in total. The lowest BCUT2D eigenvalue weighted by atomic mass is 10.2. The van der Waals surface area contributed by atoms with Crippen LogP contribution in [0.5, 0.6) is 0 Å². The van der Waals surface area contributed by atoms with Crippen LogP contribution in [0.25, 0.3) is 0 Å². The minimum Gasteiger partial charge on any atom is -0.455 e. The van der Waals surface area contributed by atoms with Gasteiger partial charge in [0.05, 0.1) is 12.2 Å². The number of nitrogens with zero attached hydrogens (tertiary/aromatic N) is 1. The van der Waals surface area contributed by atoms with E-state index in [1.165, 1.54) is 6.61 Å². The summed E-state index contributed by atoms with van der Waals surface area (Å²) in [5.41, 5.74) is 0.485. The van der Waals surface area contributed by atoms with Crippen molar-refractivity contribution in [2.24, 2.45) is 0 Å². The summed E-state index contributed by atoms with van der Waals surface area (Å²) in [5, 5.41) is 9.12. The maximum atomic E-state index is 11.4. The molecule has 0 aliphatic carbocycles. The molecule has 0 bridgehead atoms. The van der Waals surface area contributed by atoms with Crippen LogP contribution in [0.3, 0.4) is 0 Å². The third-order valence-electron chi connectivity index (χ3n) is 2.07. The van der Waals surface area contributed by atoms with E-state index in [0.29, 0.717) is 17.7 Å². The molecule has 0 heterocycles. The third kappa shape index (κ3) is 6.10. The first-order valence-corrected chi connectivity index (χ1v) is 6.61. The second-order valence-electron chi connectivity index (χ2n) is 3.42. The summed E-state index contributed by atoms with van der Waals surface area (Å²) in [6.07, 6.45) is 0.584. The number of carbonyl (C=O) groups is 1. The molecule has 0 aromatic heterocycles. The van der Waals surface area contributed by atoms with Gasteiger partial charge < -0.3 is 9.57 Å². The van der Waals surface area contributed by atoms with Crippen LogP contribution < -0.4 is 0 Å². The van der Waals surface area contributed by atoms with E-state index in [2.05, 4.69) is 4.84 Å². The van der Waals surface area contributed by atoms with Crippen LogP contribution >= 0.6 is 11.8 Å². The van der Waals surface area contributed by atoms with Crippen molar-refractivity contribution in [3.8, 4) is 0 Å². The molecule has 7 heteroatoms. The zero-order valence-electron chi connectivity index (χ0n) is 10.4. The van der Waals surface area contributed by atoms with E-state index in [0.717, 1.165) is 4.90 Å². The second kappa shape index (κ2) is 8.36. The van der Waals surface area contributed by atoms with Crippen LogP contribution in [0.1, 0.15) is 23.7 Å². The molecular formula is C12H14NO5S. The van der Waals surface area contributed by atoms with E-state index in [9.17, 15) is 14.9 Å². The van der Waals surface area contributed by atoms with E-state index in [1.807, 2.05) is 12.1 Å². The van der Waals surface area contributed by atoms with Gasteiger partial charge >= 0.3 is 5.97 Å². The molecule has 0 amide bonds. The SMILES string of the molecule is C[CH]OC(=O)c1ccc(SCCCO[N+](=O)[O-])cc1. The monoisotopic (exact) mass is 284 g/mol. The molecule has 103 valence electrons. The van der Waals surface area contributed by atoms with Crippen molar-refractivity contribution in [2.45, 2.75) is 18.2 Å². The van der Waals surface area contributed by atoms with Crippen LogP contribution in [0.2, 0.25) is 0 Å². The highest BCUT2D eigenvalue weighted by molar-refractivity contribution is 7.99. The van der Waals surface area contributed by atoms with Crippen molar-refractivity contribution in [3.63, 3.8) is 0 Å². The Kier molecular flexibility index (Phi) is 6.73. The lowest BCUT2D eigenvalue weighted by Crippen LogP contribution is -2.03. The zero-order valence-corrected chi connectivity index (χ0v) is 11.2. The Morgan fingerprint density at radius 3 is 2.68 bits per heavy atom. The topological polar surface area (TPSA) is 78.7 Å². The number of carbonyl (C=O) groups excluding carboxylic acids is 1. The van der Waals surface area contributed by atoms with Crippen LogP contribution in [-0.2, 0) is 9.57 Å². The number of hydrogen-bond donors (Lipinski definition) is 0. The van der Waals surface area contributed by atoms with Gasteiger partial charge in [-0.25, -0.2) is 4.79 Å². The Morgan fingerprint density at radius 1 is 1.42 bits per heavy atom. The number of esters is 1. The Labute approximate surface area is 115 Å². The number of benzene rings is 1. The zero-order chi connectivity index (χ0) is 14.1. The predicted molar refractivity (Wildman–Crippen MR) is 70.1 cm³/mol. The summed E-state index contributed by atoms with van der Waals surface area (Å²) >= 11 is 1.54. The number of hydrogen-bond acceptors (Lipinski definition) is 6. The average molecular weight is 284 g/mol. The van der Waals surface area contributed by atoms with Gasteiger partial charge in [0.1, 0.15) is 6.61 Å². The van der Waals surface area contributed by atoms with E-state index in [1.54, 1.807) is 30.8 Å². The van der Waals surface area contributed by atoms with E-state index in [4.69, 9.17) is 4.74 Å². The second-order valence-corrected chi connectivity index (χ2v) is 4.59. The van der Waals surface area contributed by atoms with Gasteiger partial charge in [-0.05, 0) is 43.4 Å². The molecule has 1 radical (unpaired) electrons. The normalized spacial score (nSPS) is 9.95. The van der Waals surface area contributed by atoms with E-state index < -0.39 is 11.1 Å². The summed E-state index contributed by atoms with van der Waals surface area (Å²) in [7, 11) is 0. The van der Waals surface area contributed by atoms with Gasteiger partial charge in [0, 0.05) is 4.90 Å². The van der Waals surface area contributed by atoms with Gasteiger partial charge in [-0.15, -0.1) is 21.9 Å². The summed E-state index contributed by atoms with van der Waals surface area (Å²) in [6, 6.07) is 6.99. The molecule has 0 saturated heterocycles. The molecule has 1 aromatic rings. The largest absolute Gasteiger partial charge is 0.455 e. The molecular weight excluding hydrogens is 270 g/mol. The van der Waals surface area contributed by atoms with Gasteiger partial charge in [-0.3, -0.25) is 0 Å². The summed E-state index contributed by atoms with van der Waals surface area (Å²) in [5.74, 6) is 0.318. The minimum atomic E-state index is -0.796. The molecule has 0 spiro atoms. The highest BCUT2D eigenvalue weighted by Crippen LogP contribution is 2.19. The number of rotatable bonds is 8. The Morgan fingerprint density at radius 2 is 2.11 bits per heavy atom. The molecule has 0 saturated carbocycles. The van der Waals surface area contributed by atoms with Gasteiger partial charge in [0.15, 0.2) is 0 Å². The maximum Gasteiger partial charge on any atom is 0.338 e. The van der Waals surface area contributed by atoms with Gasteiger partial charge in [-0.2, -0.15) is 0 Å². The first-order valence-electron chi connectivity index (χ1n) is 5.62. The van der Waals surface area contributed by atoms with Crippen molar-refractivity contribution < 1.29 is 19.5 Å². The smallest absolute Gasteiger partial charge is 0.338 e. The fourth-order valence-electron chi connectivity index (χ4n) is 1.25. The maximum absolute atomic E-state index is 11.4. The molecule has 0 atom stereocenters. The average Bonchev–Trinajstić information content (AvgIpc) is 2.39. The van der Waals surface area contributed by atoms with E-state index in [-0.39, 0.29) is 6.61 Å². The van der Waals surface area contributed by atoms with Crippen molar-refractivity contribution >= 4 is 17.7 Å². The van der Waals surface area contributed by atoms with Gasteiger partial charge in [0.2, 0.25) is 0 Å². The Balaban J connectivity index is 2.32. The molecule has 0 aliphatic heterocycles. The quantitative estimate of drug-likeness (QED) is 0.240. The molecule has 0 N–H and O–H groups in total. The highest BCUT2D eigenvalue weighted by Gasteiger charge is 2.05. The van der Waals surface area contributed by atoms with Gasteiger partial charge in [0.25, 0.3) is 5.09 Å². The molecule has 1 aromatic carbocycles. The Bertz CT molecular complexity index is 421. The fraction of sp³-hybridized carbons (Fsp3) is 0.333. The van der Waals surface area contributed by atoms with Crippen LogP contribution in [0, 0.1) is 16.7 Å². The third-order valence-corrected chi connectivity index (χ3v) is 3.17. The summed E-state index contributed by atoms with van der Waals surface area (Å²) in [4.78, 5) is 26.5. The van der Waals surface area contributed by atoms with E-state index >= 15 is 0 Å². The summed E-state index contributed by atoms with van der Waals surface area (Å²) in [6.45, 7) is 3.06. The van der Waals surface area contributed by atoms with Gasteiger partial charge in [-0.1, -0.05) is 0 Å². The first kappa shape index (κ1) is 15.3. The number of ether oxygens (including phenoxy) is 1. The number of thioether (sulfide) groups is 1. The van der Waals surface area contributed by atoms with Crippen molar-refractivity contribution in [3.05, 3.63) is 46.6 Å². The van der Waals surface area contributed by atoms with Crippen LogP contribution in [0.4, 0.5) is 0 Å². The summed E-state index contributed by atoms with van der Waals surface area (Å²) < 4.78 is 4.75. The van der Waals surface area contributed by atoms with Crippen molar-refractivity contribution in [1.82, 2.24) is 0 Å². The minimum absolute atomic E-state index is 0.0940. The molecule has 19 heavy (non-hydrogen) atoms. The fourth-order valence-corrected chi connectivity index (χ4v) is 2.08. The first-order chi connectivity index (χ1) is 9.13. The van der Waals surface area contributed by atoms with Crippen LogP contribution in [0.15, 0.2) is 29.2 Å². The van der Waals surface area contributed by atoms with Crippen LogP contribution in [-0.4, -0.2) is 23.4 Å². The lowest BCUT2D eigenvalue weighted by Gasteiger charge is -2.03. The predicted octanol–water partition coefficient (Wildman–Crippen LogP) is 2.72. The Hall–Kier alpha value is -1.76. The van der Waals surface area contributed by atoms with Crippen molar-refractivity contribution in [1.29, 1.82) is 0 Å². The molecule has 0 fully saturated rings. The molecule has 1 rings (SSSR count). The highest BCUT2D eigenvalue weighted by atomic mass is 32.2. The lowest BCUT2D eigenvalue weighted by molar-refractivity contribution is -0.757. The molecule has 0 unspecified atom stereocenters. The standard InChI is InChI=1S/C12H14NO5S/c1-2-17-12(14)10-4-6-11(7-5-10)19-9-3-8-18-13(15)16/h2,4-7H,3,8-9H2,1H3. The van der Waals surface area contributed by atoms with Crippen molar-refractivity contribution in [2.75, 3.05) is 12.4 Å².